The zero-order valence-electron chi connectivity index (χ0n) is 11.9. The average Bonchev–Trinajstić information content (AvgIpc) is 2.49. The van der Waals surface area contributed by atoms with Crippen molar-refractivity contribution in [1.82, 2.24) is 4.90 Å². The van der Waals surface area contributed by atoms with E-state index in [0.717, 1.165) is 31.9 Å². The van der Waals surface area contributed by atoms with Gasteiger partial charge < -0.3 is 9.80 Å². The molecule has 1 aromatic carbocycles. The largest absolute Gasteiger partial charge is 0.367 e. The van der Waals surface area contributed by atoms with Crippen LogP contribution in [0, 0.1) is 11.3 Å². The summed E-state index contributed by atoms with van der Waals surface area (Å²) in [6.07, 6.45) is 0. The van der Waals surface area contributed by atoms with Gasteiger partial charge in [0.15, 0.2) is 0 Å². The van der Waals surface area contributed by atoms with Gasteiger partial charge in [-0.1, -0.05) is 26.0 Å². The number of anilines is 1. The molecule has 0 atom stereocenters. The van der Waals surface area contributed by atoms with Gasteiger partial charge in [-0.2, -0.15) is 5.26 Å². The summed E-state index contributed by atoms with van der Waals surface area (Å²) < 4.78 is 0. The maximum atomic E-state index is 11.2. The zero-order chi connectivity index (χ0) is 14.3. The van der Waals surface area contributed by atoms with Crippen molar-refractivity contribution >= 4 is 11.6 Å². The molecule has 1 aliphatic heterocycles. The van der Waals surface area contributed by atoms with Gasteiger partial charge in [0.25, 0.3) is 0 Å². The lowest BCUT2D eigenvalue weighted by Gasteiger charge is -2.35. The van der Waals surface area contributed by atoms with Crippen molar-refractivity contribution in [3.63, 3.8) is 0 Å². The van der Waals surface area contributed by atoms with Gasteiger partial charge in [0.05, 0.1) is 11.3 Å². The fraction of sp³-hybridized carbons (Fsp3) is 0.467. The average molecular weight is 259 g/mol. The number of hydrogen-bond acceptors (Lipinski definition) is 3. The van der Waals surface area contributed by atoms with Crippen molar-refractivity contribution in [2.24, 2.45) is 0 Å². The van der Waals surface area contributed by atoms with E-state index in [4.69, 9.17) is 5.26 Å². The van der Waals surface area contributed by atoms with E-state index in [1.54, 1.807) is 6.92 Å². The molecular formula is C15H21N3O. The van der Waals surface area contributed by atoms with Crippen LogP contribution in [0.4, 0.5) is 5.69 Å². The maximum Gasteiger partial charge on any atom is 0.219 e. The monoisotopic (exact) mass is 259 g/mol. The topological polar surface area (TPSA) is 47.3 Å². The second-order valence-corrected chi connectivity index (χ2v) is 4.12. The fourth-order valence-corrected chi connectivity index (χ4v) is 2.11. The van der Waals surface area contributed by atoms with Crippen LogP contribution in [0.15, 0.2) is 24.3 Å². The van der Waals surface area contributed by atoms with E-state index in [2.05, 4.69) is 11.0 Å². The van der Waals surface area contributed by atoms with E-state index >= 15 is 0 Å². The highest BCUT2D eigenvalue weighted by Gasteiger charge is 2.20. The number of carbonyl (C=O) groups is 1. The van der Waals surface area contributed by atoms with Crippen LogP contribution in [0.3, 0.4) is 0 Å². The standard InChI is InChI=1S/C13H15N3O.C2H6/c1-11(17)15-6-8-16(9-7-15)13-5-3-2-4-12(13)10-14;1-2/h2-5H,6-9H2,1H3;1-2H3. The van der Waals surface area contributed by atoms with Crippen LogP contribution in [0.2, 0.25) is 0 Å². The molecule has 4 heteroatoms. The van der Waals surface area contributed by atoms with Gasteiger partial charge in [-0.15, -0.1) is 0 Å². The molecule has 0 aliphatic carbocycles. The molecule has 0 aromatic heterocycles. The Bertz CT molecular complexity index is 457. The van der Waals surface area contributed by atoms with E-state index in [1.165, 1.54) is 0 Å². The molecule has 102 valence electrons. The lowest BCUT2D eigenvalue weighted by atomic mass is 10.1. The smallest absolute Gasteiger partial charge is 0.219 e. The van der Waals surface area contributed by atoms with Crippen LogP contribution in [0.1, 0.15) is 26.3 Å². The molecule has 1 aliphatic rings. The molecule has 0 N–H and O–H groups in total. The van der Waals surface area contributed by atoms with Crippen LogP contribution in [0.5, 0.6) is 0 Å². The molecule has 2 rings (SSSR count). The third-order valence-corrected chi connectivity index (χ3v) is 3.09. The van der Waals surface area contributed by atoms with E-state index < -0.39 is 0 Å². The second kappa shape index (κ2) is 7.42. The van der Waals surface area contributed by atoms with E-state index in [9.17, 15) is 4.79 Å². The third kappa shape index (κ3) is 3.72. The number of para-hydroxylation sites is 1. The van der Waals surface area contributed by atoms with Gasteiger partial charge in [0.2, 0.25) is 5.91 Å². The first-order valence-electron chi connectivity index (χ1n) is 6.72. The SMILES string of the molecule is CC.CC(=O)N1CCN(c2ccccc2C#N)CC1. The highest BCUT2D eigenvalue weighted by molar-refractivity contribution is 5.73. The number of nitriles is 1. The molecule has 1 heterocycles. The number of rotatable bonds is 1. The van der Waals surface area contributed by atoms with Crippen molar-refractivity contribution in [3.8, 4) is 6.07 Å². The molecule has 0 bridgehead atoms. The first-order chi connectivity index (χ1) is 9.22. The number of amides is 1. The van der Waals surface area contributed by atoms with Gasteiger partial charge in [0.1, 0.15) is 6.07 Å². The van der Waals surface area contributed by atoms with Gasteiger partial charge in [-0.05, 0) is 12.1 Å². The molecule has 1 amide bonds. The quantitative estimate of drug-likeness (QED) is 0.777. The number of hydrogen-bond donors (Lipinski definition) is 0. The Morgan fingerprint density at radius 3 is 2.26 bits per heavy atom. The predicted octanol–water partition coefficient (Wildman–Crippen LogP) is 2.25. The fourth-order valence-electron chi connectivity index (χ4n) is 2.11. The van der Waals surface area contributed by atoms with Crippen molar-refractivity contribution in [3.05, 3.63) is 29.8 Å². The van der Waals surface area contributed by atoms with Crippen molar-refractivity contribution in [1.29, 1.82) is 5.26 Å². The Balaban J connectivity index is 0.000000861. The Kier molecular flexibility index (Phi) is 5.87. The summed E-state index contributed by atoms with van der Waals surface area (Å²) in [5, 5.41) is 9.05. The summed E-state index contributed by atoms with van der Waals surface area (Å²) >= 11 is 0. The highest BCUT2D eigenvalue weighted by Crippen LogP contribution is 2.20. The first kappa shape index (κ1) is 15.0. The molecular weight excluding hydrogens is 238 g/mol. The van der Waals surface area contributed by atoms with Crippen LogP contribution in [-0.4, -0.2) is 37.0 Å². The zero-order valence-corrected chi connectivity index (χ0v) is 11.9. The molecule has 1 saturated heterocycles. The van der Waals surface area contributed by atoms with Crippen LogP contribution in [0.25, 0.3) is 0 Å². The van der Waals surface area contributed by atoms with E-state index in [-0.39, 0.29) is 5.91 Å². The normalized spacial score (nSPS) is 14.2. The summed E-state index contributed by atoms with van der Waals surface area (Å²) in [6, 6.07) is 9.80. The Morgan fingerprint density at radius 1 is 1.16 bits per heavy atom. The summed E-state index contributed by atoms with van der Waals surface area (Å²) in [7, 11) is 0. The lowest BCUT2D eigenvalue weighted by Crippen LogP contribution is -2.48. The van der Waals surface area contributed by atoms with E-state index in [1.807, 2.05) is 43.0 Å². The van der Waals surface area contributed by atoms with E-state index in [0.29, 0.717) is 5.56 Å². The summed E-state index contributed by atoms with van der Waals surface area (Å²) in [6.45, 7) is 8.64. The maximum absolute atomic E-state index is 11.2. The minimum absolute atomic E-state index is 0.123. The molecule has 1 fully saturated rings. The lowest BCUT2D eigenvalue weighted by molar-refractivity contribution is -0.129. The molecule has 0 unspecified atom stereocenters. The number of benzene rings is 1. The van der Waals surface area contributed by atoms with Gasteiger partial charge in [-0.25, -0.2) is 0 Å². The van der Waals surface area contributed by atoms with Gasteiger partial charge in [0, 0.05) is 33.1 Å². The Hall–Kier alpha value is -2.02. The summed E-state index contributed by atoms with van der Waals surface area (Å²) in [4.78, 5) is 15.2. The molecule has 0 radical (unpaired) electrons. The molecule has 4 nitrogen and oxygen atoms in total. The Morgan fingerprint density at radius 2 is 1.74 bits per heavy atom. The minimum Gasteiger partial charge on any atom is -0.367 e. The van der Waals surface area contributed by atoms with Crippen molar-refractivity contribution in [2.45, 2.75) is 20.8 Å². The number of piperazine rings is 1. The van der Waals surface area contributed by atoms with Crippen molar-refractivity contribution in [2.75, 3.05) is 31.1 Å². The Labute approximate surface area is 115 Å². The molecule has 0 saturated carbocycles. The second-order valence-electron chi connectivity index (χ2n) is 4.12. The third-order valence-electron chi connectivity index (χ3n) is 3.09. The predicted molar refractivity (Wildman–Crippen MR) is 77.0 cm³/mol. The van der Waals surface area contributed by atoms with Gasteiger partial charge >= 0.3 is 0 Å². The van der Waals surface area contributed by atoms with Crippen LogP contribution >= 0.6 is 0 Å². The van der Waals surface area contributed by atoms with Crippen LogP contribution < -0.4 is 4.90 Å². The van der Waals surface area contributed by atoms with Crippen LogP contribution in [-0.2, 0) is 4.79 Å². The summed E-state index contributed by atoms with van der Waals surface area (Å²) in [5.74, 6) is 0.123. The van der Waals surface area contributed by atoms with Gasteiger partial charge in [-0.3, -0.25) is 4.79 Å². The number of carbonyl (C=O) groups excluding carboxylic acids is 1. The minimum atomic E-state index is 0.123. The first-order valence-corrected chi connectivity index (χ1v) is 6.72. The highest BCUT2D eigenvalue weighted by atomic mass is 16.2. The molecule has 1 aromatic rings. The molecule has 0 spiro atoms. The van der Waals surface area contributed by atoms with Crippen molar-refractivity contribution < 1.29 is 4.79 Å². The molecule has 19 heavy (non-hydrogen) atoms. The summed E-state index contributed by atoms with van der Waals surface area (Å²) in [5.41, 5.74) is 1.67. The number of nitrogens with zero attached hydrogens (tertiary/aromatic N) is 3.